The van der Waals surface area contributed by atoms with Crippen LogP contribution < -0.4 is 5.32 Å². The second-order valence-corrected chi connectivity index (χ2v) is 2.67. The number of halogens is 2. The van der Waals surface area contributed by atoms with Gasteiger partial charge in [0.15, 0.2) is 11.6 Å². The summed E-state index contributed by atoms with van der Waals surface area (Å²) in [4.78, 5) is 20.0. The van der Waals surface area contributed by atoms with Gasteiger partial charge in [-0.2, -0.15) is 0 Å². The molecular formula is C8H6F2N2O3. The molecule has 1 aromatic carbocycles. The summed E-state index contributed by atoms with van der Waals surface area (Å²) < 4.78 is 25.1. The molecule has 0 atom stereocenters. The van der Waals surface area contributed by atoms with Gasteiger partial charge in [-0.05, 0) is 12.1 Å². The fourth-order valence-electron chi connectivity index (χ4n) is 0.892. The van der Waals surface area contributed by atoms with Crippen molar-refractivity contribution in [3.05, 3.63) is 39.9 Å². The molecule has 0 aliphatic carbocycles. The Balaban J connectivity index is 2.69. The third-order valence-electron chi connectivity index (χ3n) is 1.48. The van der Waals surface area contributed by atoms with Crippen LogP contribution in [0.4, 0.5) is 14.5 Å². The number of benzene rings is 1. The molecule has 7 heteroatoms. The summed E-state index contributed by atoms with van der Waals surface area (Å²) in [5.41, 5.74) is -0.0271. The van der Waals surface area contributed by atoms with Gasteiger partial charge in [-0.25, -0.2) is 8.78 Å². The summed E-state index contributed by atoms with van der Waals surface area (Å²) in [7, 11) is 0. The Morgan fingerprint density at radius 1 is 1.40 bits per heavy atom. The number of carbonyl (C=O) groups is 1. The van der Waals surface area contributed by atoms with Crippen LogP contribution >= 0.6 is 0 Å². The van der Waals surface area contributed by atoms with Crippen LogP contribution in [0.3, 0.4) is 0 Å². The third kappa shape index (κ3) is 3.29. The highest BCUT2D eigenvalue weighted by Gasteiger charge is 2.10. The Morgan fingerprint density at radius 2 is 2.07 bits per heavy atom. The Labute approximate surface area is 82.9 Å². The predicted molar refractivity (Wildman–Crippen MR) is 46.8 cm³/mol. The van der Waals surface area contributed by atoms with E-state index in [4.69, 9.17) is 0 Å². The van der Waals surface area contributed by atoms with Gasteiger partial charge in [-0.1, -0.05) is 0 Å². The molecule has 0 aliphatic rings. The number of nitrogens with one attached hydrogen (secondary N) is 1. The molecule has 0 aliphatic heterocycles. The summed E-state index contributed by atoms with van der Waals surface area (Å²) in [6, 6.07) is 2.67. The second-order valence-electron chi connectivity index (χ2n) is 2.67. The van der Waals surface area contributed by atoms with Crippen LogP contribution in [-0.2, 0) is 4.79 Å². The quantitative estimate of drug-likeness (QED) is 0.609. The zero-order chi connectivity index (χ0) is 11.4. The molecule has 80 valence electrons. The van der Waals surface area contributed by atoms with E-state index >= 15 is 0 Å². The first kappa shape index (κ1) is 11.0. The normalized spacial score (nSPS) is 9.73. The lowest BCUT2D eigenvalue weighted by molar-refractivity contribution is -0.467. The molecule has 0 radical (unpaired) electrons. The van der Waals surface area contributed by atoms with Crippen molar-refractivity contribution in [3.8, 4) is 0 Å². The lowest BCUT2D eigenvalue weighted by atomic mass is 10.3. The smallest absolute Gasteiger partial charge is 0.296 e. The van der Waals surface area contributed by atoms with Crippen molar-refractivity contribution in [2.75, 3.05) is 11.9 Å². The van der Waals surface area contributed by atoms with Crippen molar-refractivity contribution in [2.45, 2.75) is 0 Å². The number of carbonyl (C=O) groups excluding carboxylic acids is 1. The van der Waals surface area contributed by atoms with Crippen molar-refractivity contribution in [3.63, 3.8) is 0 Å². The van der Waals surface area contributed by atoms with Gasteiger partial charge in [0, 0.05) is 16.7 Å². The summed E-state index contributed by atoms with van der Waals surface area (Å²) in [5, 5.41) is 12.0. The molecule has 0 spiro atoms. The number of anilines is 1. The van der Waals surface area contributed by atoms with Crippen LogP contribution in [0.2, 0.25) is 0 Å². The maximum Gasteiger partial charge on any atom is 0.296 e. The summed E-state index contributed by atoms with van der Waals surface area (Å²) >= 11 is 0. The molecule has 1 amide bonds. The van der Waals surface area contributed by atoms with Crippen LogP contribution in [0.1, 0.15) is 0 Å². The van der Waals surface area contributed by atoms with E-state index in [1.807, 2.05) is 0 Å². The van der Waals surface area contributed by atoms with Crippen LogP contribution in [0.25, 0.3) is 0 Å². The molecule has 15 heavy (non-hydrogen) atoms. The Bertz CT molecular complexity index is 409. The Kier molecular flexibility index (Phi) is 3.27. The molecular weight excluding hydrogens is 210 g/mol. The Hall–Kier alpha value is -2.05. The molecule has 0 unspecified atom stereocenters. The van der Waals surface area contributed by atoms with Crippen molar-refractivity contribution in [1.82, 2.24) is 0 Å². The summed E-state index contributed by atoms with van der Waals surface area (Å²) in [6.07, 6.45) is 0. The monoisotopic (exact) mass is 216 g/mol. The van der Waals surface area contributed by atoms with E-state index in [0.717, 1.165) is 18.2 Å². The largest absolute Gasteiger partial charge is 0.320 e. The van der Waals surface area contributed by atoms with Gasteiger partial charge in [0.25, 0.3) is 12.5 Å². The van der Waals surface area contributed by atoms with E-state index in [2.05, 4.69) is 5.32 Å². The van der Waals surface area contributed by atoms with Gasteiger partial charge in [0.2, 0.25) is 0 Å². The zero-order valence-corrected chi connectivity index (χ0v) is 7.37. The number of hydrogen-bond acceptors (Lipinski definition) is 3. The van der Waals surface area contributed by atoms with Crippen molar-refractivity contribution >= 4 is 11.6 Å². The Morgan fingerprint density at radius 3 is 2.60 bits per heavy atom. The van der Waals surface area contributed by atoms with E-state index in [1.165, 1.54) is 0 Å². The fourth-order valence-corrected chi connectivity index (χ4v) is 0.892. The molecule has 0 saturated heterocycles. The minimum Gasteiger partial charge on any atom is -0.320 e. The zero-order valence-electron chi connectivity index (χ0n) is 7.37. The van der Waals surface area contributed by atoms with Gasteiger partial charge < -0.3 is 5.32 Å². The number of nitrogens with zero attached hydrogens (tertiary/aromatic N) is 1. The van der Waals surface area contributed by atoms with E-state index in [9.17, 15) is 23.7 Å². The van der Waals surface area contributed by atoms with Crippen LogP contribution in [0.15, 0.2) is 18.2 Å². The second kappa shape index (κ2) is 4.45. The number of amides is 1. The molecule has 0 aromatic heterocycles. The van der Waals surface area contributed by atoms with Crippen molar-refractivity contribution in [2.24, 2.45) is 0 Å². The molecule has 1 aromatic rings. The predicted octanol–water partition coefficient (Wildman–Crippen LogP) is 1.18. The van der Waals surface area contributed by atoms with Gasteiger partial charge in [0.1, 0.15) is 0 Å². The highest BCUT2D eigenvalue weighted by Crippen LogP contribution is 2.12. The fraction of sp³-hybridized carbons (Fsp3) is 0.125. The standard InChI is InChI=1S/C8H6F2N2O3/c9-6-2-1-5(3-7(6)10)11-8(13)4-12(14)15/h1-3H,4H2,(H,11,13). The highest BCUT2D eigenvalue weighted by molar-refractivity contribution is 5.91. The van der Waals surface area contributed by atoms with Crippen molar-refractivity contribution < 1.29 is 18.5 Å². The molecule has 0 bridgehead atoms. The van der Waals surface area contributed by atoms with E-state index in [0.29, 0.717) is 0 Å². The molecule has 0 heterocycles. The van der Waals surface area contributed by atoms with E-state index in [1.54, 1.807) is 0 Å². The number of rotatable bonds is 3. The average Bonchev–Trinajstić information content (AvgIpc) is 2.10. The van der Waals surface area contributed by atoms with Crippen LogP contribution in [-0.4, -0.2) is 17.4 Å². The molecule has 1 N–H and O–H groups in total. The third-order valence-corrected chi connectivity index (χ3v) is 1.48. The van der Waals surface area contributed by atoms with Gasteiger partial charge in [-0.15, -0.1) is 0 Å². The van der Waals surface area contributed by atoms with Gasteiger partial charge in [0.05, 0.1) is 0 Å². The topological polar surface area (TPSA) is 72.2 Å². The highest BCUT2D eigenvalue weighted by atomic mass is 19.2. The van der Waals surface area contributed by atoms with Gasteiger partial charge >= 0.3 is 0 Å². The lowest BCUT2D eigenvalue weighted by Crippen LogP contribution is -2.21. The summed E-state index contributed by atoms with van der Waals surface area (Å²) in [6.45, 7) is -0.918. The maximum atomic E-state index is 12.6. The number of nitro groups is 1. The number of hydrogen-bond donors (Lipinski definition) is 1. The van der Waals surface area contributed by atoms with Gasteiger partial charge in [-0.3, -0.25) is 14.9 Å². The van der Waals surface area contributed by atoms with E-state index < -0.39 is 29.0 Å². The summed E-state index contributed by atoms with van der Waals surface area (Å²) in [5.74, 6) is -3.08. The first-order valence-electron chi connectivity index (χ1n) is 3.86. The molecule has 1 rings (SSSR count). The molecule has 0 fully saturated rings. The van der Waals surface area contributed by atoms with Crippen LogP contribution in [0, 0.1) is 21.7 Å². The average molecular weight is 216 g/mol. The maximum absolute atomic E-state index is 12.6. The first-order chi connectivity index (χ1) is 6.99. The molecule has 0 saturated carbocycles. The minimum atomic E-state index is -1.13. The molecule has 5 nitrogen and oxygen atoms in total. The van der Waals surface area contributed by atoms with E-state index in [-0.39, 0.29) is 5.69 Å². The SMILES string of the molecule is O=C(C[N+](=O)[O-])Nc1ccc(F)c(F)c1. The van der Waals surface area contributed by atoms with Crippen LogP contribution in [0.5, 0.6) is 0 Å². The first-order valence-corrected chi connectivity index (χ1v) is 3.86. The minimum absolute atomic E-state index is 0.0271. The van der Waals surface area contributed by atoms with Crippen molar-refractivity contribution in [1.29, 1.82) is 0 Å². The lowest BCUT2D eigenvalue weighted by Gasteiger charge is -2.02.